The fraction of sp³-hybridized carbons (Fsp3) is 0. The molecule has 2 rings (SSSR count). The average Bonchev–Trinajstić information content (AvgIpc) is 2.40. The SMILES string of the molecule is NN(C(=O)c1ccc(Br)cc1I)c1cc(Cl)ccc1Cl. The second-order valence-electron chi connectivity index (χ2n) is 3.90. The van der Waals surface area contributed by atoms with Gasteiger partial charge in [-0.05, 0) is 59.0 Å². The summed E-state index contributed by atoms with van der Waals surface area (Å²) < 4.78 is 1.68. The van der Waals surface area contributed by atoms with Crippen molar-refractivity contribution in [3.05, 3.63) is 60.0 Å². The second-order valence-corrected chi connectivity index (χ2v) is 6.82. The van der Waals surface area contributed by atoms with Crippen LogP contribution in [-0.2, 0) is 0 Å². The predicted octanol–water partition coefficient (Wildman–Crippen LogP) is 4.88. The van der Waals surface area contributed by atoms with Crippen molar-refractivity contribution in [2.24, 2.45) is 5.84 Å². The normalized spacial score (nSPS) is 10.4. The van der Waals surface area contributed by atoms with E-state index < -0.39 is 0 Å². The van der Waals surface area contributed by atoms with Crippen LogP contribution in [0.1, 0.15) is 10.4 Å². The maximum absolute atomic E-state index is 12.4. The molecule has 0 saturated carbocycles. The summed E-state index contributed by atoms with van der Waals surface area (Å²) in [4.78, 5) is 12.4. The first-order valence-electron chi connectivity index (χ1n) is 5.39. The summed E-state index contributed by atoms with van der Waals surface area (Å²) in [5.74, 6) is 5.52. The molecule has 0 spiro atoms. The molecular weight excluding hydrogens is 478 g/mol. The van der Waals surface area contributed by atoms with Crippen molar-refractivity contribution in [2.75, 3.05) is 5.01 Å². The van der Waals surface area contributed by atoms with Crippen LogP contribution in [0.5, 0.6) is 0 Å². The summed E-state index contributed by atoms with van der Waals surface area (Å²) in [6.45, 7) is 0. The zero-order chi connectivity index (χ0) is 14.9. The molecule has 0 aromatic heterocycles. The number of carbonyl (C=O) groups excluding carboxylic acids is 1. The minimum atomic E-state index is -0.355. The van der Waals surface area contributed by atoms with Crippen LogP contribution in [-0.4, -0.2) is 5.91 Å². The molecule has 7 heteroatoms. The molecule has 0 aliphatic heterocycles. The Labute approximate surface area is 148 Å². The van der Waals surface area contributed by atoms with Crippen LogP contribution in [0.2, 0.25) is 10.0 Å². The maximum Gasteiger partial charge on any atom is 0.273 e. The van der Waals surface area contributed by atoms with E-state index in [4.69, 9.17) is 29.0 Å². The monoisotopic (exact) mass is 484 g/mol. The molecule has 2 N–H and O–H groups in total. The number of hydrazine groups is 1. The van der Waals surface area contributed by atoms with Crippen molar-refractivity contribution in [1.82, 2.24) is 0 Å². The zero-order valence-corrected chi connectivity index (χ0v) is 15.2. The lowest BCUT2D eigenvalue weighted by atomic mass is 10.2. The topological polar surface area (TPSA) is 46.3 Å². The molecule has 104 valence electrons. The third-order valence-electron chi connectivity index (χ3n) is 2.55. The molecule has 0 aliphatic rings. The molecule has 0 aliphatic carbocycles. The first-order valence-corrected chi connectivity index (χ1v) is 8.02. The van der Waals surface area contributed by atoms with Gasteiger partial charge in [0.1, 0.15) is 0 Å². The maximum atomic E-state index is 12.4. The highest BCUT2D eigenvalue weighted by molar-refractivity contribution is 14.1. The van der Waals surface area contributed by atoms with Gasteiger partial charge in [0.2, 0.25) is 0 Å². The second kappa shape index (κ2) is 6.62. The molecule has 3 nitrogen and oxygen atoms in total. The molecule has 2 aromatic rings. The Balaban J connectivity index is 2.40. The predicted molar refractivity (Wildman–Crippen MR) is 94.3 cm³/mol. The van der Waals surface area contributed by atoms with Gasteiger partial charge in [-0.3, -0.25) is 4.79 Å². The van der Waals surface area contributed by atoms with Crippen LogP contribution in [0, 0.1) is 3.57 Å². The number of nitrogens with zero attached hydrogens (tertiary/aromatic N) is 1. The summed E-state index contributed by atoms with van der Waals surface area (Å²) in [5.41, 5.74) is 0.857. The van der Waals surface area contributed by atoms with Gasteiger partial charge < -0.3 is 0 Å². The molecule has 0 saturated heterocycles. The lowest BCUT2D eigenvalue weighted by molar-refractivity contribution is 0.0986. The largest absolute Gasteiger partial charge is 0.273 e. The number of hydrogen-bond acceptors (Lipinski definition) is 2. The van der Waals surface area contributed by atoms with Gasteiger partial charge >= 0.3 is 0 Å². The summed E-state index contributed by atoms with van der Waals surface area (Å²) in [6, 6.07) is 10.1. The van der Waals surface area contributed by atoms with Gasteiger partial charge in [-0.15, -0.1) is 0 Å². The van der Waals surface area contributed by atoms with Gasteiger partial charge in [0, 0.05) is 13.1 Å². The van der Waals surface area contributed by atoms with Crippen molar-refractivity contribution >= 4 is 73.3 Å². The number of benzene rings is 2. The average molecular weight is 486 g/mol. The Hall–Kier alpha value is -0.340. The van der Waals surface area contributed by atoms with E-state index in [9.17, 15) is 4.79 Å². The highest BCUT2D eigenvalue weighted by Gasteiger charge is 2.19. The minimum absolute atomic E-state index is 0.355. The molecule has 0 bridgehead atoms. The number of nitrogens with two attached hydrogens (primary N) is 1. The first kappa shape index (κ1) is 16.0. The molecule has 0 fully saturated rings. The van der Waals surface area contributed by atoms with E-state index in [0.717, 1.165) is 13.1 Å². The van der Waals surface area contributed by atoms with Gasteiger partial charge in [0.25, 0.3) is 5.91 Å². The third-order valence-corrected chi connectivity index (χ3v) is 4.49. The third kappa shape index (κ3) is 3.46. The highest BCUT2D eigenvalue weighted by atomic mass is 127. The van der Waals surface area contributed by atoms with Crippen molar-refractivity contribution in [2.45, 2.75) is 0 Å². The van der Waals surface area contributed by atoms with Crippen LogP contribution in [0.25, 0.3) is 0 Å². The number of rotatable bonds is 2. The molecule has 1 amide bonds. The Morgan fingerprint density at radius 3 is 2.55 bits per heavy atom. The molecule has 0 heterocycles. The van der Waals surface area contributed by atoms with E-state index in [0.29, 0.717) is 21.3 Å². The van der Waals surface area contributed by atoms with Gasteiger partial charge in [-0.1, -0.05) is 39.1 Å². The smallest absolute Gasteiger partial charge is 0.267 e. The van der Waals surface area contributed by atoms with Crippen LogP contribution in [0.15, 0.2) is 40.9 Å². The fourth-order valence-electron chi connectivity index (χ4n) is 1.57. The number of amides is 1. The number of carbonyl (C=O) groups is 1. The summed E-state index contributed by atoms with van der Waals surface area (Å²) in [5, 5.41) is 1.81. The van der Waals surface area contributed by atoms with Crippen molar-refractivity contribution < 1.29 is 4.79 Å². The number of halogens is 4. The number of hydrogen-bond donors (Lipinski definition) is 1. The quantitative estimate of drug-likeness (QED) is 0.285. The molecule has 0 radical (unpaired) electrons. The van der Waals surface area contributed by atoms with Gasteiger partial charge in [0.15, 0.2) is 0 Å². The lowest BCUT2D eigenvalue weighted by Crippen LogP contribution is -2.38. The minimum Gasteiger partial charge on any atom is -0.267 e. The highest BCUT2D eigenvalue weighted by Crippen LogP contribution is 2.29. The van der Waals surface area contributed by atoms with Gasteiger partial charge in [-0.2, -0.15) is 0 Å². The fourth-order valence-corrected chi connectivity index (χ4v) is 3.48. The summed E-state index contributed by atoms with van der Waals surface area (Å²) in [6.07, 6.45) is 0. The summed E-state index contributed by atoms with van der Waals surface area (Å²) >= 11 is 17.4. The molecule has 0 unspecified atom stereocenters. The Bertz CT molecular complexity index is 681. The molecular formula is C13H8BrCl2IN2O. The van der Waals surface area contributed by atoms with Crippen LogP contribution < -0.4 is 10.9 Å². The van der Waals surface area contributed by atoms with Crippen LogP contribution in [0.3, 0.4) is 0 Å². The van der Waals surface area contributed by atoms with E-state index in [2.05, 4.69) is 38.5 Å². The van der Waals surface area contributed by atoms with Crippen LogP contribution in [0.4, 0.5) is 5.69 Å². The Morgan fingerprint density at radius 1 is 1.20 bits per heavy atom. The van der Waals surface area contributed by atoms with E-state index in [1.54, 1.807) is 30.3 Å². The van der Waals surface area contributed by atoms with Crippen molar-refractivity contribution in [3.8, 4) is 0 Å². The molecule has 20 heavy (non-hydrogen) atoms. The standard InChI is InChI=1S/C13H8BrCl2IN2O/c14-7-1-3-9(11(17)5-7)13(20)19(18)12-6-8(15)2-4-10(12)16/h1-6H,18H2. The van der Waals surface area contributed by atoms with Gasteiger partial charge in [-0.25, -0.2) is 10.9 Å². The van der Waals surface area contributed by atoms with E-state index in [1.807, 2.05) is 6.07 Å². The molecule has 2 aromatic carbocycles. The zero-order valence-electron chi connectivity index (χ0n) is 9.91. The van der Waals surface area contributed by atoms with E-state index in [1.165, 1.54) is 0 Å². The lowest BCUT2D eigenvalue weighted by Gasteiger charge is -2.19. The van der Waals surface area contributed by atoms with E-state index in [-0.39, 0.29) is 5.91 Å². The Kier molecular flexibility index (Phi) is 5.30. The van der Waals surface area contributed by atoms with Crippen molar-refractivity contribution in [3.63, 3.8) is 0 Å². The summed E-state index contributed by atoms with van der Waals surface area (Å²) in [7, 11) is 0. The van der Waals surface area contributed by atoms with Crippen LogP contribution >= 0.6 is 61.7 Å². The Morgan fingerprint density at radius 2 is 1.90 bits per heavy atom. The molecule has 0 atom stereocenters. The van der Waals surface area contributed by atoms with Gasteiger partial charge in [0.05, 0.1) is 16.3 Å². The first-order chi connectivity index (χ1) is 9.40. The number of anilines is 1. The van der Waals surface area contributed by atoms with E-state index >= 15 is 0 Å². The van der Waals surface area contributed by atoms with Crippen molar-refractivity contribution in [1.29, 1.82) is 0 Å².